The molecule has 0 aliphatic carbocycles. The third-order valence-corrected chi connectivity index (χ3v) is 5.33. The standard InChI is InChI=1S/C27H30N4O3/c1-18-6-8-21(9-7-18)17-31-19(2)16-23(29-31)26-28-25(30-34-26)22-13-10-20(11-14-22)12-15-24(32)33-27(3,4)5/h6-11,13-14,16H,12,15,17H2,1-5H3. The number of esters is 1. The maximum absolute atomic E-state index is 11.9. The second-order valence-electron chi connectivity index (χ2n) is 9.52. The molecule has 0 bridgehead atoms. The largest absolute Gasteiger partial charge is 0.460 e. The number of carbonyl (C=O) groups excluding carboxylic acids is 1. The molecule has 0 atom stereocenters. The molecule has 7 nitrogen and oxygen atoms in total. The molecule has 0 aliphatic heterocycles. The van der Waals surface area contributed by atoms with Crippen LogP contribution < -0.4 is 0 Å². The Kier molecular flexibility index (Phi) is 6.63. The molecule has 4 rings (SSSR count). The molecule has 0 amide bonds. The van der Waals surface area contributed by atoms with Crippen molar-refractivity contribution in [2.45, 2.75) is 59.6 Å². The van der Waals surface area contributed by atoms with E-state index in [1.165, 1.54) is 11.1 Å². The van der Waals surface area contributed by atoms with Gasteiger partial charge >= 0.3 is 5.97 Å². The molecule has 0 saturated heterocycles. The number of hydrogen-bond donors (Lipinski definition) is 0. The molecule has 176 valence electrons. The number of hydrogen-bond acceptors (Lipinski definition) is 6. The van der Waals surface area contributed by atoms with Gasteiger partial charge in [0, 0.05) is 17.7 Å². The SMILES string of the molecule is Cc1ccc(Cn2nc(-c3nc(-c4ccc(CCC(=O)OC(C)(C)C)cc4)no3)cc2C)cc1. The molecule has 7 heteroatoms. The molecular weight excluding hydrogens is 428 g/mol. The summed E-state index contributed by atoms with van der Waals surface area (Å²) in [5.74, 6) is 0.686. The van der Waals surface area contributed by atoms with Gasteiger partial charge in [0.25, 0.3) is 5.89 Å². The fraction of sp³-hybridized carbons (Fsp3) is 0.333. The van der Waals surface area contributed by atoms with Crippen LogP contribution in [-0.4, -0.2) is 31.5 Å². The maximum atomic E-state index is 11.9. The van der Waals surface area contributed by atoms with Crippen LogP contribution in [0.15, 0.2) is 59.1 Å². The van der Waals surface area contributed by atoms with Crippen molar-refractivity contribution >= 4 is 5.97 Å². The van der Waals surface area contributed by atoms with E-state index >= 15 is 0 Å². The Hall–Kier alpha value is -3.74. The maximum Gasteiger partial charge on any atom is 0.306 e. The minimum absolute atomic E-state index is 0.198. The van der Waals surface area contributed by atoms with Crippen LogP contribution in [0, 0.1) is 13.8 Å². The van der Waals surface area contributed by atoms with E-state index in [9.17, 15) is 4.79 Å². The lowest BCUT2D eigenvalue weighted by Crippen LogP contribution is -2.23. The average Bonchev–Trinajstić information content (AvgIpc) is 3.40. The molecule has 34 heavy (non-hydrogen) atoms. The van der Waals surface area contributed by atoms with Crippen molar-refractivity contribution in [1.82, 2.24) is 19.9 Å². The molecule has 0 spiro atoms. The van der Waals surface area contributed by atoms with Crippen LogP contribution in [0.25, 0.3) is 23.0 Å². The first-order chi connectivity index (χ1) is 16.2. The molecular formula is C27H30N4O3. The number of ether oxygens (including phenoxy) is 1. The van der Waals surface area contributed by atoms with E-state index in [0.29, 0.717) is 36.8 Å². The van der Waals surface area contributed by atoms with Gasteiger partial charge in [-0.05, 0) is 58.2 Å². The predicted octanol–water partition coefficient (Wildman–Crippen LogP) is 5.54. The highest BCUT2D eigenvalue weighted by molar-refractivity contribution is 5.70. The lowest BCUT2D eigenvalue weighted by Gasteiger charge is -2.19. The van der Waals surface area contributed by atoms with Crippen LogP contribution in [0.4, 0.5) is 0 Å². The summed E-state index contributed by atoms with van der Waals surface area (Å²) in [5.41, 5.74) is 5.50. The monoisotopic (exact) mass is 458 g/mol. The Morgan fingerprint density at radius 1 is 1.00 bits per heavy atom. The topological polar surface area (TPSA) is 83.0 Å². The van der Waals surface area contributed by atoms with Gasteiger partial charge in [0.05, 0.1) is 6.54 Å². The fourth-order valence-electron chi connectivity index (χ4n) is 3.55. The Morgan fingerprint density at radius 2 is 1.68 bits per heavy atom. The third-order valence-electron chi connectivity index (χ3n) is 5.33. The Balaban J connectivity index is 1.41. The molecule has 0 radical (unpaired) electrons. The van der Waals surface area contributed by atoms with E-state index in [1.807, 2.05) is 62.7 Å². The molecule has 0 unspecified atom stereocenters. The van der Waals surface area contributed by atoms with Gasteiger partial charge in [0.1, 0.15) is 5.60 Å². The second kappa shape index (κ2) is 9.63. The predicted molar refractivity (Wildman–Crippen MR) is 130 cm³/mol. The minimum Gasteiger partial charge on any atom is -0.460 e. The molecule has 2 aromatic carbocycles. The first kappa shape index (κ1) is 23.4. The zero-order chi connectivity index (χ0) is 24.3. The highest BCUT2D eigenvalue weighted by Crippen LogP contribution is 2.23. The summed E-state index contributed by atoms with van der Waals surface area (Å²) < 4.78 is 12.8. The summed E-state index contributed by atoms with van der Waals surface area (Å²) in [6, 6.07) is 18.2. The Morgan fingerprint density at radius 3 is 2.35 bits per heavy atom. The summed E-state index contributed by atoms with van der Waals surface area (Å²) in [7, 11) is 0. The van der Waals surface area contributed by atoms with Crippen LogP contribution in [0.2, 0.25) is 0 Å². The zero-order valence-electron chi connectivity index (χ0n) is 20.3. The van der Waals surface area contributed by atoms with Gasteiger partial charge in [-0.1, -0.05) is 59.3 Å². The van der Waals surface area contributed by atoms with Crippen LogP contribution in [-0.2, 0) is 22.5 Å². The molecule has 2 heterocycles. The van der Waals surface area contributed by atoms with Crippen LogP contribution in [0.3, 0.4) is 0 Å². The highest BCUT2D eigenvalue weighted by atomic mass is 16.6. The first-order valence-corrected chi connectivity index (χ1v) is 11.4. The van der Waals surface area contributed by atoms with Crippen molar-refractivity contribution in [3.63, 3.8) is 0 Å². The van der Waals surface area contributed by atoms with Crippen molar-refractivity contribution in [2.24, 2.45) is 0 Å². The van der Waals surface area contributed by atoms with E-state index in [2.05, 4.69) is 46.4 Å². The van der Waals surface area contributed by atoms with Gasteiger partial charge in [-0.3, -0.25) is 9.48 Å². The summed E-state index contributed by atoms with van der Waals surface area (Å²) in [6.45, 7) is 10.4. The van der Waals surface area contributed by atoms with Crippen molar-refractivity contribution in [3.8, 4) is 23.0 Å². The Labute approximate surface area is 199 Å². The van der Waals surface area contributed by atoms with Crippen molar-refractivity contribution in [2.75, 3.05) is 0 Å². The number of carbonyl (C=O) groups is 1. The lowest BCUT2D eigenvalue weighted by molar-refractivity contribution is -0.154. The van der Waals surface area contributed by atoms with E-state index < -0.39 is 5.60 Å². The van der Waals surface area contributed by atoms with Gasteiger partial charge in [-0.15, -0.1) is 0 Å². The van der Waals surface area contributed by atoms with Crippen molar-refractivity contribution in [1.29, 1.82) is 0 Å². The molecule has 0 fully saturated rings. The highest BCUT2D eigenvalue weighted by Gasteiger charge is 2.17. The molecule has 0 saturated carbocycles. The molecule has 0 aliphatic rings. The summed E-state index contributed by atoms with van der Waals surface area (Å²) in [5, 5.41) is 8.79. The van der Waals surface area contributed by atoms with Gasteiger partial charge in [0.15, 0.2) is 5.69 Å². The van der Waals surface area contributed by atoms with E-state index in [0.717, 1.165) is 16.8 Å². The van der Waals surface area contributed by atoms with Crippen LogP contribution in [0.1, 0.15) is 49.6 Å². The van der Waals surface area contributed by atoms with Crippen LogP contribution in [0.5, 0.6) is 0 Å². The fourth-order valence-corrected chi connectivity index (χ4v) is 3.55. The Bertz CT molecular complexity index is 1260. The quantitative estimate of drug-likeness (QED) is 0.338. The number of nitrogens with zero attached hydrogens (tertiary/aromatic N) is 4. The zero-order valence-corrected chi connectivity index (χ0v) is 20.3. The number of rotatable bonds is 7. The smallest absolute Gasteiger partial charge is 0.306 e. The van der Waals surface area contributed by atoms with Gasteiger partial charge in [-0.2, -0.15) is 10.1 Å². The molecule has 4 aromatic rings. The second-order valence-corrected chi connectivity index (χ2v) is 9.52. The van der Waals surface area contributed by atoms with E-state index in [4.69, 9.17) is 9.26 Å². The number of aryl methyl sites for hydroxylation is 3. The van der Waals surface area contributed by atoms with E-state index in [-0.39, 0.29) is 5.97 Å². The van der Waals surface area contributed by atoms with Crippen molar-refractivity contribution in [3.05, 3.63) is 77.0 Å². The molecule has 0 N–H and O–H groups in total. The average molecular weight is 459 g/mol. The minimum atomic E-state index is -0.466. The first-order valence-electron chi connectivity index (χ1n) is 11.4. The summed E-state index contributed by atoms with van der Waals surface area (Å²) >= 11 is 0. The van der Waals surface area contributed by atoms with Gasteiger partial charge in [-0.25, -0.2) is 0 Å². The summed E-state index contributed by atoms with van der Waals surface area (Å²) in [6.07, 6.45) is 0.956. The van der Waals surface area contributed by atoms with Crippen molar-refractivity contribution < 1.29 is 14.1 Å². The number of benzene rings is 2. The van der Waals surface area contributed by atoms with Gasteiger partial charge in [0.2, 0.25) is 5.82 Å². The van der Waals surface area contributed by atoms with Gasteiger partial charge < -0.3 is 9.26 Å². The molecule has 2 aromatic heterocycles. The number of aromatic nitrogens is 4. The van der Waals surface area contributed by atoms with Crippen LogP contribution >= 0.6 is 0 Å². The van der Waals surface area contributed by atoms with E-state index in [1.54, 1.807) is 0 Å². The normalized spacial score (nSPS) is 11.6. The third kappa shape index (κ3) is 5.98. The lowest BCUT2D eigenvalue weighted by atomic mass is 10.1. The summed E-state index contributed by atoms with van der Waals surface area (Å²) in [4.78, 5) is 16.5.